The lowest BCUT2D eigenvalue weighted by atomic mass is 9.35. The minimum absolute atomic E-state index is 0.0855. The molecule has 0 aliphatic heterocycles. The third-order valence-corrected chi connectivity index (χ3v) is 21.0. The predicted octanol–water partition coefficient (Wildman–Crippen LogP) is 11.9. The van der Waals surface area contributed by atoms with Crippen LogP contribution in [0.4, 0.5) is 43.9 Å². The van der Waals surface area contributed by atoms with Gasteiger partial charge in [0.05, 0.1) is 8.07 Å². The minimum Gasteiger partial charge on any atom is -0.204 e. The molecule has 6 rings (SSSR count). The SMILES string of the molecule is Cc1cc(C)c(P(CC/C(B(c2c(F)c(F)c(F)c(F)c2F)c2c(F)c(F)c(F)c(F)c2F)=C(/P(c2ccccc2)c2ccccc2)[Si](C)(C)C)c2c(C)cc(C)cc2C)c(C)c1. The maximum absolute atomic E-state index is 16.6. The highest BCUT2D eigenvalue weighted by molar-refractivity contribution is 7.80. The fourth-order valence-electron chi connectivity index (χ4n) is 8.93. The maximum atomic E-state index is 16.6. The van der Waals surface area contributed by atoms with Gasteiger partial charge in [-0.25, -0.2) is 43.9 Å². The van der Waals surface area contributed by atoms with E-state index < -0.39 is 99.7 Å². The van der Waals surface area contributed by atoms with E-state index in [-0.39, 0.29) is 18.1 Å². The van der Waals surface area contributed by atoms with E-state index >= 15 is 35.1 Å². The first-order chi connectivity index (χ1) is 29.6. The summed E-state index contributed by atoms with van der Waals surface area (Å²) in [7, 11) is -6.52. The number of halogens is 10. The van der Waals surface area contributed by atoms with Crippen LogP contribution in [-0.2, 0) is 0 Å². The molecule has 63 heavy (non-hydrogen) atoms. The molecule has 6 aromatic rings. The van der Waals surface area contributed by atoms with Crippen molar-refractivity contribution in [2.45, 2.75) is 67.6 Å². The van der Waals surface area contributed by atoms with Gasteiger partial charge >= 0.3 is 0 Å². The van der Waals surface area contributed by atoms with Crippen molar-refractivity contribution >= 4 is 62.8 Å². The molecule has 328 valence electrons. The average Bonchev–Trinajstić information content (AvgIpc) is 3.22. The standard InChI is InChI=1S/C49H45BF10P2Si/c1-26-22-28(3)47(29(4)23-26)61(48-30(5)24-27(2)25-31(48)6)21-20-34(49(63(7,8)9)62(32-16-12-10-13-17-32)33-18-14-11-15-19-33)50(35-37(51)41(55)45(59)42(56)38(35)52)36-39(53)43(57)46(60)44(58)40(36)54/h10-19,22-25H,20-21H2,1-9H3/b49-34+. The van der Waals surface area contributed by atoms with Crippen LogP contribution >= 0.6 is 15.8 Å². The molecule has 0 N–H and O–H groups in total. The van der Waals surface area contributed by atoms with Gasteiger partial charge in [0.1, 0.15) is 0 Å². The van der Waals surface area contributed by atoms with Crippen LogP contribution < -0.4 is 32.1 Å². The minimum atomic E-state index is -3.14. The molecule has 0 saturated heterocycles. The van der Waals surface area contributed by atoms with Crippen LogP contribution in [0.15, 0.2) is 95.3 Å². The van der Waals surface area contributed by atoms with E-state index in [1.165, 1.54) is 0 Å². The zero-order valence-corrected chi connectivity index (χ0v) is 39.0. The Bertz CT molecular complexity index is 2480. The monoisotopic (exact) mass is 924 g/mol. The van der Waals surface area contributed by atoms with Crippen LogP contribution in [0.1, 0.15) is 39.8 Å². The molecule has 0 saturated carbocycles. The summed E-state index contributed by atoms with van der Waals surface area (Å²) in [5, 5.41) is 3.22. The van der Waals surface area contributed by atoms with Crippen molar-refractivity contribution in [3.8, 4) is 0 Å². The van der Waals surface area contributed by atoms with Crippen molar-refractivity contribution < 1.29 is 43.9 Å². The van der Waals surface area contributed by atoms with Gasteiger partial charge in [0.2, 0.25) is 0 Å². The predicted molar refractivity (Wildman–Crippen MR) is 244 cm³/mol. The number of rotatable bonds is 12. The highest BCUT2D eigenvalue weighted by Gasteiger charge is 2.45. The zero-order valence-electron chi connectivity index (χ0n) is 36.2. The summed E-state index contributed by atoms with van der Waals surface area (Å²) in [4.78, 5) is 0.414. The smallest absolute Gasteiger partial charge is 0.204 e. The molecule has 6 aromatic carbocycles. The second-order valence-corrected chi connectivity index (χ2v) is 26.7. The molecule has 0 aliphatic rings. The summed E-state index contributed by atoms with van der Waals surface area (Å²) >= 11 is 0. The van der Waals surface area contributed by atoms with Gasteiger partial charge in [-0.3, -0.25) is 0 Å². The van der Waals surface area contributed by atoms with E-state index in [0.29, 0.717) is 15.5 Å². The normalized spacial score (nSPS) is 12.4. The van der Waals surface area contributed by atoms with Crippen LogP contribution in [0.5, 0.6) is 0 Å². The molecule has 0 spiro atoms. The number of benzene rings is 6. The van der Waals surface area contributed by atoms with Gasteiger partial charge in [-0.1, -0.05) is 126 Å². The topological polar surface area (TPSA) is 0 Å². The summed E-state index contributed by atoms with van der Waals surface area (Å²) in [6.07, 6.45) is -0.227. The van der Waals surface area contributed by atoms with Gasteiger partial charge in [-0.05, 0) is 113 Å². The van der Waals surface area contributed by atoms with E-state index in [1.807, 2.05) is 85.4 Å². The van der Waals surface area contributed by atoms with Crippen LogP contribution in [0.25, 0.3) is 0 Å². The lowest BCUT2D eigenvalue weighted by molar-refractivity contribution is 0.382. The average molecular weight is 925 g/mol. The van der Waals surface area contributed by atoms with Crippen molar-refractivity contribution in [2.24, 2.45) is 0 Å². The summed E-state index contributed by atoms with van der Waals surface area (Å²) in [5.74, 6) is -24.6. The molecule has 0 radical (unpaired) electrons. The summed E-state index contributed by atoms with van der Waals surface area (Å²) in [6.45, 7) is 14.6. The van der Waals surface area contributed by atoms with Gasteiger partial charge in [0.25, 0.3) is 6.71 Å². The number of allylic oxidation sites excluding steroid dienone is 1. The van der Waals surface area contributed by atoms with Crippen molar-refractivity contribution in [2.75, 3.05) is 6.16 Å². The van der Waals surface area contributed by atoms with Crippen LogP contribution in [0.2, 0.25) is 19.6 Å². The molecule has 0 fully saturated rings. The van der Waals surface area contributed by atoms with Gasteiger partial charge in [0, 0.05) is 10.9 Å². The molecular formula is C49H45BF10P2Si. The van der Waals surface area contributed by atoms with E-state index in [0.717, 1.165) is 44.0 Å². The number of aryl methyl sites for hydroxylation is 6. The van der Waals surface area contributed by atoms with E-state index in [1.54, 1.807) is 60.7 Å². The summed E-state index contributed by atoms with van der Waals surface area (Å²) < 4.78 is 159. The highest BCUT2D eigenvalue weighted by atomic mass is 31.1. The van der Waals surface area contributed by atoms with Crippen molar-refractivity contribution in [1.82, 2.24) is 0 Å². The fourth-order valence-corrected chi connectivity index (χ4v) is 19.0. The molecular weight excluding hydrogens is 879 g/mol. The Morgan fingerprint density at radius 3 is 1.06 bits per heavy atom. The van der Waals surface area contributed by atoms with Gasteiger partial charge in [-0.2, -0.15) is 0 Å². The second kappa shape index (κ2) is 18.9. The molecule has 0 bridgehead atoms. The molecule has 0 nitrogen and oxygen atoms in total. The first kappa shape index (κ1) is 48.0. The Morgan fingerprint density at radius 1 is 0.460 bits per heavy atom. The zero-order chi connectivity index (χ0) is 46.4. The number of hydrogen-bond acceptors (Lipinski definition) is 0. The lowest BCUT2D eigenvalue weighted by Gasteiger charge is -2.37. The van der Waals surface area contributed by atoms with Gasteiger partial charge in [-0.15, -0.1) is 0 Å². The van der Waals surface area contributed by atoms with E-state index in [2.05, 4.69) is 0 Å². The number of hydrogen-bond donors (Lipinski definition) is 0. The molecule has 0 atom stereocenters. The Balaban J connectivity index is 1.86. The highest BCUT2D eigenvalue weighted by Crippen LogP contribution is 2.51. The first-order valence-corrected chi connectivity index (χ1v) is 26.5. The molecule has 0 aliphatic carbocycles. The molecule has 0 heterocycles. The van der Waals surface area contributed by atoms with Crippen LogP contribution in [-0.4, -0.2) is 20.9 Å². The third kappa shape index (κ3) is 9.23. The Hall–Kier alpha value is -4.50. The second-order valence-electron chi connectivity index (χ2n) is 16.9. The third-order valence-electron chi connectivity index (χ3n) is 11.1. The Morgan fingerprint density at radius 2 is 0.762 bits per heavy atom. The molecule has 0 unspecified atom stereocenters. The molecule has 0 amide bonds. The Labute approximate surface area is 366 Å². The quantitative estimate of drug-likeness (QED) is 0.0377. The van der Waals surface area contributed by atoms with Gasteiger partial charge in [0.15, 0.2) is 58.2 Å². The largest absolute Gasteiger partial charge is 0.253 e. The lowest BCUT2D eigenvalue weighted by Crippen LogP contribution is -2.54. The van der Waals surface area contributed by atoms with Crippen molar-refractivity contribution in [3.05, 3.63) is 187 Å². The summed E-state index contributed by atoms with van der Waals surface area (Å²) in [6, 6.07) is 25.8. The van der Waals surface area contributed by atoms with Gasteiger partial charge < -0.3 is 0 Å². The van der Waals surface area contributed by atoms with E-state index in [9.17, 15) is 8.78 Å². The van der Waals surface area contributed by atoms with E-state index in [4.69, 9.17) is 0 Å². The first-order valence-electron chi connectivity index (χ1n) is 20.2. The van der Waals surface area contributed by atoms with Crippen molar-refractivity contribution in [3.63, 3.8) is 0 Å². The van der Waals surface area contributed by atoms with Crippen molar-refractivity contribution in [1.29, 1.82) is 0 Å². The maximum Gasteiger partial charge on any atom is 0.253 e. The van der Waals surface area contributed by atoms with Crippen LogP contribution in [0.3, 0.4) is 0 Å². The molecule has 0 aromatic heterocycles. The Kier molecular flexibility index (Phi) is 14.4. The van der Waals surface area contributed by atoms with Crippen LogP contribution in [0, 0.1) is 99.7 Å². The fraction of sp³-hybridized carbons (Fsp3) is 0.224. The summed E-state index contributed by atoms with van der Waals surface area (Å²) in [5.41, 5.74) is 2.02. The molecule has 14 heteroatoms.